The zero-order chi connectivity index (χ0) is 16.4. The van der Waals surface area contributed by atoms with Gasteiger partial charge in [-0.2, -0.15) is 5.26 Å². The molecule has 1 atom stereocenters. The van der Waals surface area contributed by atoms with E-state index >= 15 is 0 Å². The zero-order valence-corrected chi connectivity index (χ0v) is 11.9. The van der Waals surface area contributed by atoms with Crippen LogP contribution in [0.3, 0.4) is 0 Å². The summed E-state index contributed by atoms with van der Waals surface area (Å²) in [6, 6.07) is 0.572. The number of Topliss-reactive ketones (excluding diaryl/α,β-unsaturated/α-hetero) is 1. The van der Waals surface area contributed by atoms with E-state index in [9.17, 15) is 19.2 Å². The van der Waals surface area contributed by atoms with Crippen LogP contribution in [0.25, 0.3) is 0 Å². The first kappa shape index (κ1) is 15.7. The van der Waals surface area contributed by atoms with E-state index in [2.05, 4.69) is 6.58 Å². The van der Waals surface area contributed by atoms with Crippen LogP contribution in [0.1, 0.15) is 25.7 Å². The maximum Gasteiger partial charge on any atom is 0.334 e. The number of nitriles is 1. The molecule has 4 amide bonds. The summed E-state index contributed by atoms with van der Waals surface area (Å²) in [6.45, 7) is 2.67. The van der Waals surface area contributed by atoms with Gasteiger partial charge in [-0.15, -0.1) is 0 Å². The highest BCUT2D eigenvalue weighted by Crippen LogP contribution is 2.27. The second-order valence-corrected chi connectivity index (χ2v) is 5.39. The van der Waals surface area contributed by atoms with Gasteiger partial charge < -0.3 is 5.73 Å². The molecule has 0 aromatic carbocycles. The van der Waals surface area contributed by atoms with Gasteiger partial charge in [0.15, 0.2) is 5.78 Å². The van der Waals surface area contributed by atoms with Crippen molar-refractivity contribution in [3.05, 3.63) is 12.3 Å². The topological polar surface area (TPSA) is 125 Å². The van der Waals surface area contributed by atoms with E-state index in [4.69, 9.17) is 11.0 Å². The van der Waals surface area contributed by atoms with Crippen LogP contribution >= 0.6 is 0 Å². The standard InChI is InChI=1S/C14H16N4O4/c1-8(16)10(6-15)11(19)7-17-12(20)13(21)18(14(17)22)9-4-2-3-5-9/h9-10H,1-5,7,16H2/t10-/m1/s1. The van der Waals surface area contributed by atoms with Gasteiger partial charge >= 0.3 is 17.8 Å². The molecule has 1 saturated carbocycles. The van der Waals surface area contributed by atoms with Crippen molar-refractivity contribution in [2.24, 2.45) is 11.7 Å². The maximum absolute atomic E-state index is 12.3. The minimum absolute atomic E-state index is 0.162. The summed E-state index contributed by atoms with van der Waals surface area (Å²) in [5, 5.41) is 8.87. The fourth-order valence-electron chi connectivity index (χ4n) is 2.75. The smallest absolute Gasteiger partial charge is 0.334 e. The van der Waals surface area contributed by atoms with Gasteiger partial charge in [0.1, 0.15) is 5.92 Å². The Hall–Kier alpha value is -2.69. The van der Waals surface area contributed by atoms with Gasteiger partial charge in [-0.3, -0.25) is 19.3 Å². The number of carbonyl (C=O) groups excluding carboxylic acids is 4. The molecule has 0 unspecified atom stereocenters. The first-order chi connectivity index (χ1) is 10.4. The van der Waals surface area contributed by atoms with E-state index < -0.39 is 36.1 Å². The third kappa shape index (κ3) is 2.57. The van der Waals surface area contributed by atoms with Gasteiger partial charge in [-0.05, 0) is 12.8 Å². The Labute approximate surface area is 127 Å². The molecular weight excluding hydrogens is 288 g/mol. The van der Waals surface area contributed by atoms with Crippen LogP contribution in [0, 0.1) is 17.2 Å². The monoisotopic (exact) mass is 304 g/mol. The van der Waals surface area contributed by atoms with Gasteiger partial charge in [0.05, 0.1) is 12.6 Å². The minimum Gasteiger partial charge on any atom is -0.401 e. The molecule has 2 aliphatic rings. The molecule has 2 fully saturated rings. The number of allylic oxidation sites excluding steroid dienone is 1. The second kappa shape index (κ2) is 5.97. The van der Waals surface area contributed by atoms with Crippen molar-refractivity contribution in [1.29, 1.82) is 5.26 Å². The van der Waals surface area contributed by atoms with Crippen molar-refractivity contribution in [1.82, 2.24) is 9.80 Å². The number of nitrogens with two attached hydrogens (primary N) is 1. The Morgan fingerprint density at radius 2 is 1.91 bits per heavy atom. The van der Waals surface area contributed by atoms with Crippen LogP contribution < -0.4 is 5.73 Å². The van der Waals surface area contributed by atoms with Crippen LogP contribution in [-0.4, -0.2) is 46.0 Å². The molecular formula is C14H16N4O4. The van der Waals surface area contributed by atoms with Crippen molar-refractivity contribution in [2.45, 2.75) is 31.7 Å². The molecule has 8 nitrogen and oxygen atoms in total. The number of rotatable bonds is 5. The number of urea groups is 1. The van der Waals surface area contributed by atoms with E-state index in [0.717, 1.165) is 17.7 Å². The first-order valence-corrected chi connectivity index (χ1v) is 6.94. The highest BCUT2D eigenvalue weighted by atomic mass is 16.2. The Bertz CT molecular complexity index is 600. The number of hydrogen-bond acceptors (Lipinski definition) is 6. The number of hydrogen-bond donors (Lipinski definition) is 1. The lowest BCUT2D eigenvalue weighted by atomic mass is 10.0. The predicted octanol–water partition coefficient (Wildman–Crippen LogP) is -0.0989. The fraction of sp³-hybridized carbons (Fsp3) is 0.500. The third-order valence-corrected chi connectivity index (χ3v) is 3.91. The Morgan fingerprint density at radius 1 is 1.32 bits per heavy atom. The molecule has 0 radical (unpaired) electrons. The third-order valence-electron chi connectivity index (χ3n) is 3.91. The van der Waals surface area contributed by atoms with Gasteiger partial charge in [-0.1, -0.05) is 19.4 Å². The fourth-order valence-corrected chi connectivity index (χ4v) is 2.75. The van der Waals surface area contributed by atoms with Gasteiger partial charge in [0.25, 0.3) is 0 Å². The summed E-state index contributed by atoms with van der Waals surface area (Å²) in [4.78, 5) is 49.6. The van der Waals surface area contributed by atoms with Gasteiger partial charge in [0.2, 0.25) is 0 Å². The summed E-state index contributed by atoms with van der Waals surface area (Å²) in [5.41, 5.74) is 5.18. The molecule has 0 bridgehead atoms. The number of amides is 4. The SMILES string of the molecule is C=C(N)[C@@H](C#N)C(=O)CN1C(=O)C(=O)N(C2CCCC2)C1=O. The van der Waals surface area contributed by atoms with Crippen LogP contribution in [0.4, 0.5) is 4.79 Å². The Kier molecular flexibility index (Phi) is 4.26. The van der Waals surface area contributed by atoms with E-state index in [-0.39, 0.29) is 11.7 Å². The van der Waals surface area contributed by atoms with Gasteiger partial charge in [0, 0.05) is 11.7 Å². The molecule has 2 rings (SSSR count). The molecule has 0 spiro atoms. The van der Waals surface area contributed by atoms with Crippen LogP contribution in [0.5, 0.6) is 0 Å². The molecule has 2 N–H and O–H groups in total. The van der Waals surface area contributed by atoms with Crippen molar-refractivity contribution >= 4 is 23.6 Å². The molecule has 0 aromatic rings. The summed E-state index contributed by atoms with van der Waals surface area (Å²) in [6.07, 6.45) is 3.09. The van der Waals surface area contributed by atoms with Crippen LogP contribution in [-0.2, 0) is 14.4 Å². The number of nitrogens with zero attached hydrogens (tertiary/aromatic N) is 3. The molecule has 1 aliphatic heterocycles. The quantitative estimate of drug-likeness (QED) is 0.558. The normalized spacial score (nSPS) is 20.4. The average Bonchev–Trinajstić information content (AvgIpc) is 3.03. The molecule has 116 valence electrons. The second-order valence-electron chi connectivity index (χ2n) is 5.39. The summed E-state index contributed by atoms with van der Waals surface area (Å²) in [5.74, 6) is -4.00. The molecule has 22 heavy (non-hydrogen) atoms. The summed E-state index contributed by atoms with van der Waals surface area (Å²) >= 11 is 0. The van der Waals surface area contributed by atoms with Crippen LogP contribution in [0.2, 0.25) is 0 Å². The average molecular weight is 304 g/mol. The lowest BCUT2D eigenvalue weighted by Crippen LogP contribution is -2.42. The molecule has 1 heterocycles. The van der Waals surface area contributed by atoms with Gasteiger partial charge in [-0.25, -0.2) is 9.69 Å². The highest BCUT2D eigenvalue weighted by molar-refractivity contribution is 6.45. The minimum atomic E-state index is -1.31. The van der Waals surface area contributed by atoms with Crippen molar-refractivity contribution in [3.8, 4) is 6.07 Å². The number of ketones is 1. The lowest BCUT2D eigenvalue weighted by Gasteiger charge is -2.21. The largest absolute Gasteiger partial charge is 0.401 e. The molecule has 1 aliphatic carbocycles. The maximum atomic E-state index is 12.3. The Balaban J connectivity index is 2.15. The van der Waals surface area contributed by atoms with E-state index in [1.54, 1.807) is 6.07 Å². The highest BCUT2D eigenvalue weighted by Gasteiger charge is 2.48. The number of carbonyl (C=O) groups is 4. The van der Waals surface area contributed by atoms with E-state index in [1.165, 1.54) is 0 Å². The molecule has 0 aromatic heterocycles. The first-order valence-electron chi connectivity index (χ1n) is 6.94. The van der Waals surface area contributed by atoms with Crippen molar-refractivity contribution < 1.29 is 19.2 Å². The molecule has 1 saturated heterocycles. The lowest BCUT2D eigenvalue weighted by molar-refractivity contribution is -0.144. The number of imide groups is 2. The van der Waals surface area contributed by atoms with E-state index in [0.29, 0.717) is 17.7 Å². The van der Waals surface area contributed by atoms with Crippen molar-refractivity contribution in [3.63, 3.8) is 0 Å². The predicted molar refractivity (Wildman–Crippen MR) is 73.6 cm³/mol. The molecule has 8 heteroatoms. The zero-order valence-electron chi connectivity index (χ0n) is 11.9. The summed E-state index contributed by atoms with van der Waals surface area (Å²) < 4.78 is 0. The Morgan fingerprint density at radius 3 is 2.41 bits per heavy atom. The van der Waals surface area contributed by atoms with Crippen molar-refractivity contribution in [2.75, 3.05) is 6.54 Å². The van der Waals surface area contributed by atoms with Crippen LogP contribution in [0.15, 0.2) is 12.3 Å². The summed E-state index contributed by atoms with van der Waals surface area (Å²) in [7, 11) is 0. The van der Waals surface area contributed by atoms with E-state index in [1.807, 2.05) is 0 Å².